The van der Waals surface area contributed by atoms with Crippen LogP contribution in [0.15, 0.2) is 59.7 Å². The maximum Gasteiger partial charge on any atom is 0.308 e. The van der Waals surface area contributed by atoms with Gasteiger partial charge in [-0.2, -0.15) is 0 Å². The van der Waals surface area contributed by atoms with Gasteiger partial charge in [-0.15, -0.1) is 21.5 Å². The van der Waals surface area contributed by atoms with Crippen LogP contribution in [-0.4, -0.2) is 91.5 Å². The van der Waals surface area contributed by atoms with Gasteiger partial charge in [0.1, 0.15) is 45.8 Å². The second-order valence-corrected chi connectivity index (χ2v) is 17.4. The number of piperazine rings is 1. The van der Waals surface area contributed by atoms with Crippen LogP contribution < -0.4 is 15.5 Å². The van der Waals surface area contributed by atoms with E-state index < -0.39 is 6.04 Å². The zero-order valence-electron chi connectivity index (χ0n) is 33.0. The highest BCUT2D eigenvalue weighted by Gasteiger charge is 2.33. The number of amides is 1. The number of rotatable bonds is 11. The number of carbonyl (C=O) groups excluding carboxylic acids is 2. The molecular formula is C41H41Cl2N11O3S2. The number of aromatic nitrogens is 6. The van der Waals surface area contributed by atoms with Gasteiger partial charge in [0.15, 0.2) is 11.0 Å². The molecule has 1 atom stereocenters. The van der Waals surface area contributed by atoms with Gasteiger partial charge in [0, 0.05) is 59.8 Å². The van der Waals surface area contributed by atoms with Gasteiger partial charge in [0.25, 0.3) is 5.91 Å². The number of aliphatic imine (C=N–C) groups is 1. The third-order valence-electron chi connectivity index (χ3n) is 10.3. The fraction of sp³-hybridized carbons (Fsp3) is 0.317. The molecule has 59 heavy (non-hydrogen) atoms. The van der Waals surface area contributed by atoms with Crippen molar-refractivity contribution >= 4 is 85.9 Å². The molecule has 2 N–H and O–H groups in total. The first-order valence-corrected chi connectivity index (χ1v) is 21.4. The van der Waals surface area contributed by atoms with Crippen molar-refractivity contribution in [1.82, 2.24) is 34.6 Å². The average molecular weight is 871 g/mol. The average Bonchev–Trinajstić information content (AvgIpc) is 3.89. The molecule has 2 aliphatic rings. The number of anilines is 4. The summed E-state index contributed by atoms with van der Waals surface area (Å²) in [4.78, 5) is 51.3. The first kappa shape index (κ1) is 40.5. The molecule has 0 unspecified atom stereocenters. The van der Waals surface area contributed by atoms with Crippen LogP contribution in [0, 0.1) is 34.6 Å². The van der Waals surface area contributed by atoms with Crippen molar-refractivity contribution in [3.63, 3.8) is 0 Å². The third kappa shape index (κ3) is 8.73. The van der Waals surface area contributed by atoms with Crippen molar-refractivity contribution in [2.75, 3.05) is 54.9 Å². The third-order valence-corrected chi connectivity index (χ3v) is 13.0. The summed E-state index contributed by atoms with van der Waals surface area (Å²) in [5.74, 6) is 2.69. The quantitative estimate of drug-likeness (QED) is 0.122. The van der Waals surface area contributed by atoms with Crippen LogP contribution in [0.4, 0.5) is 22.5 Å². The Hall–Kier alpha value is -5.26. The SMILES string of the molecule is Cc1nc(Nc2ncc(C(=O)Nc3c(C)cccc3Cl)s2)cc(N2CCN(CCOC(=O)C[C@@H]3N=C(c4ccc(Cl)cc4)c4c(sc(C)c4C)-n4c(C)nnc43)CC2)n1. The van der Waals surface area contributed by atoms with Gasteiger partial charge in [-0.3, -0.25) is 24.0 Å². The molecule has 1 fully saturated rings. The number of thiophene rings is 1. The van der Waals surface area contributed by atoms with E-state index in [1.807, 2.05) is 67.8 Å². The lowest BCUT2D eigenvalue weighted by atomic mass is 9.99. The number of hydrogen-bond donors (Lipinski definition) is 2. The lowest BCUT2D eigenvalue weighted by Gasteiger charge is -2.35. The Morgan fingerprint density at radius 2 is 1.73 bits per heavy atom. The first-order valence-electron chi connectivity index (χ1n) is 19.1. The lowest BCUT2D eigenvalue weighted by molar-refractivity contribution is -0.144. The summed E-state index contributed by atoms with van der Waals surface area (Å²) >= 11 is 15.4. The van der Waals surface area contributed by atoms with Gasteiger partial charge in [-0.25, -0.2) is 15.0 Å². The molecule has 304 valence electrons. The molecule has 2 aliphatic heterocycles. The summed E-state index contributed by atoms with van der Waals surface area (Å²) in [5.41, 5.74) is 5.30. The molecule has 4 aromatic heterocycles. The number of benzene rings is 2. The smallest absolute Gasteiger partial charge is 0.308 e. The van der Waals surface area contributed by atoms with Crippen molar-refractivity contribution in [3.05, 3.63) is 114 Å². The first-order chi connectivity index (χ1) is 28.4. The molecule has 0 spiro atoms. The van der Waals surface area contributed by atoms with Crippen LogP contribution >= 0.6 is 45.9 Å². The second-order valence-electron chi connectivity index (χ2n) is 14.4. The van der Waals surface area contributed by atoms with Crippen LogP contribution in [0.25, 0.3) is 5.00 Å². The van der Waals surface area contributed by atoms with Crippen molar-refractivity contribution in [2.24, 2.45) is 4.99 Å². The standard InChI is InChI=1S/C41H41Cl2N11O3S2/c1-22-7-6-8-29(43)36(22)49-39(56)31-21-44-41(59-31)48-32-20-33(46-25(4)45-32)53-15-13-52(14-16-53)17-18-57-34(55)19-30-38-51-50-26(5)54(38)40-35(23(2)24(3)58-40)37(47-30)27-9-11-28(42)12-10-27/h6-12,20-21,30H,13-19H2,1-5H3,(H,49,56)(H,44,45,46,48)/t30-/m0/s1. The van der Waals surface area contributed by atoms with E-state index >= 15 is 0 Å². The molecule has 6 heterocycles. The number of nitrogens with zero attached hydrogens (tertiary/aromatic N) is 9. The number of esters is 1. The number of halogens is 2. The van der Waals surface area contributed by atoms with E-state index in [0.717, 1.165) is 70.8 Å². The Labute approximate surface area is 359 Å². The van der Waals surface area contributed by atoms with Crippen LogP contribution in [0.5, 0.6) is 0 Å². The Morgan fingerprint density at radius 1 is 0.949 bits per heavy atom. The molecule has 18 heteroatoms. The zero-order valence-corrected chi connectivity index (χ0v) is 36.2. The number of hydrogen-bond acceptors (Lipinski definition) is 14. The largest absolute Gasteiger partial charge is 0.464 e. The maximum absolute atomic E-state index is 13.4. The van der Waals surface area contributed by atoms with Crippen molar-refractivity contribution < 1.29 is 14.3 Å². The number of carbonyl (C=O) groups is 2. The van der Waals surface area contributed by atoms with E-state index in [0.29, 0.717) is 49.8 Å². The summed E-state index contributed by atoms with van der Waals surface area (Å²) in [6.45, 7) is 13.7. The highest BCUT2D eigenvalue weighted by molar-refractivity contribution is 7.17. The minimum absolute atomic E-state index is 0.0250. The number of ether oxygens (including phenoxy) is 1. The normalized spacial score (nSPS) is 15.3. The Morgan fingerprint density at radius 3 is 2.49 bits per heavy atom. The van der Waals surface area contributed by atoms with E-state index in [9.17, 15) is 9.59 Å². The summed E-state index contributed by atoms with van der Waals surface area (Å²) in [6, 6.07) is 14.4. The number of fused-ring (bicyclic) bond motifs is 3. The fourth-order valence-corrected chi connectivity index (χ4v) is 9.46. The highest BCUT2D eigenvalue weighted by atomic mass is 35.5. The van der Waals surface area contributed by atoms with Crippen molar-refractivity contribution in [1.29, 1.82) is 0 Å². The fourth-order valence-electron chi connectivity index (χ4n) is 7.13. The molecule has 0 bridgehead atoms. The topological polar surface area (TPSA) is 156 Å². The lowest BCUT2D eigenvalue weighted by Crippen LogP contribution is -2.47. The predicted octanol–water partition coefficient (Wildman–Crippen LogP) is 8.07. The molecule has 0 aliphatic carbocycles. The van der Waals surface area contributed by atoms with Gasteiger partial charge in [0.2, 0.25) is 0 Å². The van der Waals surface area contributed by atoms with Gasteiger partial charge in [0.05, 0.1) is 29.0 Å². The molecule has 1 saturated heterocycles. The van der Waals surface area contributed by atoms with E-state index in [-0.39, 0.29) is 24.9 Å². The van der Waals surface area contributed by atoms with Gasteiger partial charge in [-0.1, -0.05) is 58.8 Å². The summed E-state index contributed by atoms with van der Waals surface area (Å²) in [5, 5.41) is 17.7. The maximum atomic E-state index is 13.4. The minimum atomic E-state index is -0.589. The highest BCUT2D eigenvalue weighted by Crippen LogP contribution is 2.40. The minimum Gasteiger partial charge on any atom is -0.464 e. The monoisotopic (exact) mass is 869 g/mol. The molecule has 14 nitrogen and oxygen atoms in total. The summed E-state index contributed by atoms with van der Waals surface area (Å²) in [6.07, 6.45) is 1.55. The van der Waals surface area contributed by atoms with Gasteiger partial charge >= 0.3 is 5.97 Å². The van der Waals surface area contributed by atoms with Crippen LogP contribution in [0.2, 0.25) is 10.0 Å². The second kappa shape index (κ2) is 17.1. The van der Waals surface area contributed by atoms with Crippen LogP contribution in [0.1, 0.15) is 66.7 Å². The predicted molar refractivity (Wildman–Crippen MR) is 234 cm³/mol. The number of aryl methyl sites for hydroxylation is 4. The molecular weight excluding hydrogens is 830 g/mol. The van der Waals surface area contributed by atoms with Crippen molar-refractivity contribution in [3.8, 4) is 5.00 Å². The Kier molecular flexibility index (Phi) is 11.8. The molecule has 2 aromatic carbocycles. The van der Waals surface area contributed by atoms with Gasteiger partial charge < -0.3 is 20.3 Å². The van der Waals surface area contributed by atoms with E-state index in [2.05, 4.69) is 54.4 Å². The molecule has 1 amide bonds. The van der Waals surface area contributed by atoms with Crippen molar-refractivity contribution in [2.45, 2.75) is 47.1 Å². The Bertz CT molecular complexity index is 2560. The summed E-state index contributed by atoms with van der Waals surface area (Å²) < 4.78 is 7.85. The molecule has 8 rings (SSSR count). The molecule has 6 aromatic rings. The number of nitrogens with one attached hydrogen (secondary N) is 2. The molecule has 0 radical (unpaired) electrons. The van der Waals surface area contributed by atoms with Gasteiger partial charge in [-0.05, 0) is 63.9 Å². The van der Waals surface area contributed by atoms with E-state index in [1.54, 1.807) is 17.4 Å². The Balaban J connectivity index is 0.863. The van der Waals surface area contributed by atoms with Crippen LogP contribution in [0.3, 0.4) is 0 Å². The van der Waals surface area contributed by atoms with Crippen LogP contribution in [-0.2, 0) is 9.53 Å². The van der Waals surface area contributed by atoms with E-state index in [4.69, 9.17) is 37.9 Å². The zero-order chi connectivity index (χ0) is 41.4. The summed E-state index contributed by atoms with van der Waals surface area (Å²) in [7, 11) is 0. The number of thiazole rings is 1. The number of para-hydroxylation sites is 1. The van der Waals surface area contributed by atoms with E-state index in [1.165, 1.54) is 22.4 Å². The molecule has 0 saturated carbocycles.